The lowest BCUT2D eigenvalue weighted by Crippen LogP contribution is -2.34. The van der Waals surface area contributed by atoms with Crippen molar-refractivity contribution in [2.24, 2.45) is 0 Å². The number of anilines is 3. The number of pyridine rings is 1. The molecule has 1 aromatic carbocycles. The van der Waals surface area contributed by atoms with Crippen LogP contribution in [-0.2, 0) is 9.47 Å². The van der Waals surface area contributed by atoms with E-state index in [4.69, 9.17) is 26.8 Å². The predicted octanol–water partition coefficient (Wildman–Crippen LogP) is 7.07. The Kier molecular flexibility index (Phi) is 8.81. The summed E-state index contributed by atoms with van der Waals surface area (Å²) in [7, 11) is 0. The summed E-state index contributed by atoms with van der Waals surface area (Å²) >= 11 is 7.92. The molecule has 3 aromatic heterocycles. The molecule has 0 saturated heterocycles. The molecule has 13 heteroatoms. The van der Waals surface area contributed by atoms with Gasteiger partial charge in [0.15, 0.2) is 0 Å². The second-order valence-electron chi connectivity index (χ2n) is 10.0. The van der Waals surface area contributed by atoms with Gasteiger partial charge in [-0.3, -0.25) is 0 Å². The third-order valence-electron chi connectivity index (χ3n) is 4.68. The van der Waals surface area contributed by atoms with Crippen LogP contribution in [0, 0.1) is 0 Å². The lowest BCUT2D eigenvalue weighted by Gasteiger charge is -2.26. The number of carbonyl (C=O) groups is 2. The van der Waals surface area contributed by atoms with Crippen molar-refractivity contribution < 1.29 is 19.1 Å². The van der Waals surface area contributed by atoms with Gasteiger partial charge in [0.25, 0.3) is 0 Å². The number of nitrogens with two attached hydrogens (primary N) is 1. The molecule has 0 fully saturated rings. The van der Waals surface area contributed by atoms with E-state index in [9.17, 15) is 9.59 Å². The van der Waals surface area contributed by atoms with Crippen LogP contribution >= 0.6 is 22.9 Å². The van der Waals surface area contributed by atoms with E-state index in [0.29, 0.717) is 27.3 Å². The van der Waals surface area contributed by atoms with Gasteiger partial charge in [0.2, 0.25) is 5.13 Å². The fourth-order valence-corrected chi connectivity index (χ4v) is 4.41. The molecule has 4 aromatic rings. The molecular formula is C26H32ClN7O4S. The molecule has 0 aliphatic rings. The Morgan fingerprint density at radius 3 is 2.31 bits per heavy atom. The van der Waals surface area contributed by atoms with Gasteiger partial charge >= 0.3 is 12.2 Å². The maximum absolute atomic E-state index is 13.4. The van der Waals surface area contributed by atoms with Gasteiger partial charge in [0.1, 0.15) is 22.0 Å². The maximum atomic E-state index is 13.4. The summed E-state index contributed by atoms with van der Waals surface area (Å²) < 4.78 is 12.2. The first-order chi connectivity index (χ1) is 18.2. The minimum atomic E-state index is -0.791. The van der Waals surface area contributed by atoms with Gasteiger partial charge in [-0.25, -0.2) is 19.5 Å². The van der Waals surface area contributed by atoms with E-state index >= 15 is 0 Å². The number of carbonyl (C=O) groups excluding carboxylic acids is 2. The van der Waals surface area contributed by atoms with E-state index in [1.54, 1.807) is 72.0 Å². The van der Waals surface area contributed by atoms with Gasteiger partial charge in [0, 0.05) is 17.1 Å². The van der Waals surface area contributed by atoms with Crippen molar-refractivity contribution in [1.29, 1.82) is 0 Å². The number of nitrogens with zero attached hydrogens (tertiary/aromatic N) is 6. The van der Waals surface area contributed by atoms with Crippen molar-refractivity contribution in [2.75, 3.05) is 10.6 Å². The largest absolute Gasteiger partial charge is 0.443 e. The summed E-state index contributed by atoms with van der Waals surface area (Å²) in [4.78, 5) is 31.2. The summed E-state index contributed by atoms with van der Waals surface area (Å²) in [5.74, 6) is 0.328. The average molecular weight is 574 g/mol. The van der Waals surface area contributed by atoms with Gasteiger partial charge in [-0.05, 0) is 65.8 Å². The lowest BCUT2D eigenvalue weighted by molar-refractivity contribution is 0.0521. The number of halogens is 1. The van der Waals surface area contributed by atoms with E-state index in [0.717, 1.165) is 16.0 Å². The maximum Gasteiger partial charge on any atom is 0.435 e. The molecule has 2 N–H and O–H groups in total. The van der Waals surface area contributed by atoms with E-state index in [1.807, 2.05) is 13.8 Å². The molecule has 4 rings (SSSR count). The zero-order valence-corrected chi connectivity index (χ0v) is 24.7. The highest BCUT2D eigenvalue weighted by molar-refractivity contribution is 7.18. The molecule has 0 radical (unpaired) electrons. The molecule has 3 heterocycles. The van der Waals surface area contributed by atoms with Crippen molar-refractivity contribution in [1.82, 2.24) is 25.0 Å². The topological polar surface area (TPSA) is 138 Å². The fraction of sp³-hybridized carbons (Fsp3) is 0.385. The highest BCUT2D eigenvalue weighted by atomic mass is 35.5. The van der Waals surface area contributed by atoms with Crippen molar-refractivity contribution >= 4 is 62.7 Å². The third kappa shape index (κ3) is 7.01. The van der Waals surface area contributed by atoms with Crippen molar-refractivity contribution in [3.63, 3.8) is 0 Å². The van der Waals surface area contributed by atoms with E-state index in [2.05, 4.69) is 20.3 Å². The minimum absolute atomic E-state index is 0.170. The average Bonchev–Trinajstić information content (AvgIpc) is 3.48. The fourth-order valence-electron chi connectivity index (χ4n) is 3.27. The number of ether oxygens (including phenoxy) is 2. The first-order valence-corrected chi connectivity index (χ1v) is 13.4. The van der Waals surface area contributed by atoms with Gasteiger partial charge in [-0.2, -0.15) is 9.78 Å². The molecule has 0 bridgehead atoms. The smallest absolute Gasteiger partial charge is 0.435 e. The van der Waals surface area contributed by atoms with Gasteiger partial charge in [-0.1, -0.05) is 36.8 Å². The summed E-state index contributed by atoms with van der Waals surface area (Å²) in [6.07, 6.45) is 1.64. The predicted molar refractivity (Wildman–Crippen MR) is 154 cm³/mol. The number of fused-ring (bicyclic) bond motifs is 1. The summed E-state index contributed by atoms with van der Waals surface area (Å²) in [5.41, 5.74) is 5.70. The Morgan fingerprint density at radius 1 is 1.03 bits per heavy atom. The van der Waals surface area contributed by atoms with Crippen LogP contribution in [-0.4, -0.2) is 48.4 Å². The monoisotopic (exact) mass is 573 g/mol. The Bertz CT molecular complexity index is 1490. The van der Waals surface area contributed by atoms with Crippen molar-refractivity contribution in [3.8, 4) is 10.6 Å². The highest BCUT2D eigenvalue weighted by Gasteiger charge is 2.31. The van der Waals surface area contributed by atoms with Crippen LogP contribution in [0.25, 0.3) is 21.5 Å². The van der Waals surface area contributed by atoms with E-state index in [-0.39, 0.29) is 15.8 Å². The van der Waals surface area contributed by atoms with Gasteiger partial charge in [0.05, 0.1) is 22.4 Å². The van der Waals surface area contributed by atoms with Gasteiger partial charge in [-0.15, -0.1) is 10.2 Å². The standard InChI is InChI=1S/C24H26ClN7O4S.C2H6/c1-23(2,3)35-21(33)31(20-30-29-19(37-20)13-9-10-27-17(26)11-13)16-8-7-15-14(18(16)25)12-28-32(15)22(34)36-24(4,5)6;1-2/h7-12H,1-6H3,(H2,26,27);1-2H3. The first-order valence-electron chi connectivity index (χ1n) is 12.2. The highest BCUT2D eigenvalue weighted by Crippen LogP contribution is 2.40. The number of hydrogen-bond donors (Lipinski definition) is 1. The summed E-state index contributed by atoms with van der Waals surface area (Å²) in [6, 6.07) is 6.60. The number of aromatic nitrogens is 5. The summed E-state index contributed by atoms with van der Waals surface area (Å²) in [5, 5.41) is 13.9. The normalized spacial score (nSPS) is 11.5. The second-order valence-corrected chi connectivity index (χ2v) is 11.4. The molecule has 39 heavy (non-hydrogen) atoms. The van der Waals surface area contributed by atoms with Crippen LogP contribution in [0.2, 0.25) is 5.02 Å². The van der Waals surface area contributed by atoms with Crippen LogP contribution in [0.3, 0.4) is 0 Å². The molecule has 0 aliphatic heterocycles. The zero-order valence-electron chi connectivity index (χ0n) is 23.1. The molecule has 0 unspecified atom stereocenters. The quantitative estimate of drug-likeness (QED) is 0.272. The first kappa shape index (κ1) is 29.8. The number of rotatable bonds is 3. The van der Waals surface area contributed by atoms with Crippen LogP contribution in [0.1, 0.15) is 55.4 Å². The Labute approximate surface area is 235 Å². The van der Waals surface area contributed by atoms with Crippen LogP contribution in [0.15, 0.2) is 36.7 Å². The van der Waals surface area contributed by atoms with Crippen LogP contribution < -0.4 is 10.6 Å². The van der Waals surface area contributed by atoms with E-state index < -0.39 is 23.4 Å². The molecule has 0 aliphatic carbocycles. The molecule has 11 nitrogen and oxygen atoms in total. The number of benzene rings is 1. The number of nitrogen functional groups attached to an aromatic ring is 1. The third-order valence-corrected chi connectivity index (χ3v) is 6.04. The SMILES string of the molecule is CC.CC(C)(C)OC(=O)N(c1nnc(-c2ccnc(N)c2)s1)c1ccc2c(cnn2C(=O)OC(C)(C)C)c1Cl. The molecule has 208 valence electrons. The van der Waals surface area contributed by atoms with Crippen molar-refractivity contribution in [3.05, 3.63) is 41.7 Å². The molecule has 0 atom stereocenters. The minimum Gasteiger partial charge on any atom is -0.443 e. The number of hydrogen-bond acceptors (Lipinski definition) is 10. The lowest BCUT2D eigenvalue weighted by atomic mass is 10.2. The van der Waals surface area contributed by atoms with Gasteiger partial charge < -0.3 is 15.2 Å². The molecule has 0 saturated carbocycles. The number of amides is 1. The van der Waals surface area contributed by atoms with E-state index in [1.165, 1.54) is 11.1 Å². The zero-order chi connectivity index (χ0) is 29.1. The Morgan fingerprint density at radius 2 is 1.69 bits per heavy atom. The Hall–Kier alpha value is -3.77. The molecule has 1 amide bonds. The van der Waals surface area contributed by atoms with Crippen molar-refractivity contribution in [2.45, 2.75) is 66.6 Å². The molecule has 0 spiro atoms. The molecular weight excluding hydrogens is 542 g/mol. The van der Waals surface area contributed by atoms with Crippen LogP contribution in [0.4, 0.5) is 26.2 Å². The summed E-state index contributed by atoms with van der Waals surface area (Å²) in [6.45, 7) is 14.5. The second kappa shape index (κ2) is 11.5. The Balaban J connectivity index is 0.00000205. The van der Waals surface area contributed by atoms with Crippen LogP contribution in [0.5, 0.6) is 0 Å².